The van der Waals surface area contributed by atoms with Crippen LogP contribution in [0.5, 0.6) is 0 Å². The van der Waals surface area contributed by atoms with Gasteiger partial charge < -0.3 is 10.5 Å². The van der Waals surface area contributed by atoms with E-state index in [1.807, 2.05) is 0 Å². The first-order chi connectivity index (χ1) is 5.11. The summed E-state index contributed by atoms with van der Waals surface area (Å²) in [7, 11) is 0. The van der Waals surface area contributed by atoms with E-state index in [0.717, 1.165) is 12.8 Å². The van der Waals surface area contributed by atoms with Crippen LogP contribution in [-0.2, 0) is 4.74 Å². The van der Waals surface area contributed by atoms with E-state index < -0.39 is 0 Å². The minimum Gasteiger partial charge on any atom is -0.373 e. The van der Waals surface area contributed by atoms with E-state index in [9.17, 15) is 0 Å². The molecule has 2 heteroatoms. The van der Waals surface area contributed by atoms with Gasteiger partial charge in [0.2, 0.25) is 0 Å². The molecule has 66 valence electrons. The van der Waals surface area contributed by atoms with Crippen molar-refractivity contribution in [2.45, 2.75) is 51.9 Å². The lowest BCUT2D eigenvalue weighted by molar-refractivity contribution is -0.0715. The number of nitrogens with two attached hydrogens (primary N) is 1. The molecule has 0 aliphatic carbocycles. The molecule has 2 N–H and O–H groups in total. The van der Waals surface area contributed by atoms with Gasteiger partial charge in [0.05, 0.1) is 12.2 Å². The number of hydrogen-bond acceptors (Lipinski definition) is 2. The fourth-order valence-electron chi connectivity index (χ4n) is 1.53. The van der Waals surface area contributed by atoms with Crippen LogP contribution in [0.3, 0.4) is 0 Å². The highest BCUT2D eigenvalue weighted by molar-refractivity contribution is 4.79. The third kappa shape index (κ3) is 2.17. The Labute approximate surface area is 69.1 Å². The molecule has 1 aliphatic rings. The normalized spacial score (nSPS) is 39.5. The summed E-state index contributed by atoms with van der Waals surface area (Å²) in [5.74, 6) is 0.630. The molecule has 1 saturated heterocycles. The SMILES string of the molecule is CC1O[C@H](C(C)C)CC[C@H]1N. The van der Waals surface area contributed by atoms with Crippen molar-refractivity contribution in [3.05, 3.63) is 0 Å². The van der Waals surface area contributed by atoms with Crippen LogP contribution in [0.2, 0.25) is 0 Å². The summed E-state index contributed by atoms with van der Waals surface area (Å²) >= 11 is 0. The highest BCUT2D eigenvalue weighted by Gasteiger charge is 2.26. The van der Waals surface area contributed by atoms with Crippen LogP contribution >= 0.6 is 0 Å². The highest BCUT2D eigenvalue weighted by atomic mass is 16.5. The molecule has 0 spiro atoms. The summed E-state index contributed by atoms with van der Waals surface area (Å²) in [6, 6.07) is 0.255. The average Bonchev–Trinajstić information content (AvgIpc) is 1.94. The Morgan fingerprint density at radius 3 is 2.45 bits per heavy atom. The van der Waals surface area contributed by atoms with Crippen molar-refractivity contribution in [1.82, 2.24) is 0 Å². The Morgan fingerprint density at radius 2 is 2.00 bits per heavy atom. The lowest BCUT2D eigenvalue weighted by Gasteiger charge is -2.34. The molecule has 3 atom stereocenters. The van der Waals surface area contributed by atoms with Crippen molar-refractivity contribution in [2.24, 2.45) is 11.7 Å². The van der Waals surface area contributed by atoms with Gasteiger partial charge in [-0.15, -0.1) is 0 Å². The van der Waals surface area contributed by atoms with Gasteiger partial charge in [0.25, 0.3) is 0 Å². The van der Waals surface area contributed by atoms with Gasteiger partial charge in [-0.3, -0.25) is 0 Å². The highest BCUT2D eigenvalue weighted by Crippen LogP contribution is 2.22. The summed E-state index contributed by atoms with van der Waals surface area (Å²) in [4.78, 5) is 0. The Kier molecular flexibility index (Phi) is 2.90. The second kappa shape index (κ2) is 3.55. The van der Waals surface area contributed by atoms with Gasteiger partial charge in [0.1, 0.15) is 0 Å². The molecule has 1 unspecified atom stereocenters. The molecule has 2 nitrogen and oxygen atoms in total. The van der Waals surface area contributed by atoms with Crippen molar-refractivity contribution >= 4 is 0 Å². The molecule has 0 saturated carbocycles. The standard InChI is InChI=1S/C9H19NO/c1-6(2)9-5-4-8(10)7(3)11-9/h6-9H,4-5,10H2,1-3H3/t7?,8-,9+/m1/s1. The van der Waals surface area contributed by atoms with E-state index in [0.29, 0.717) is 12.0 Å². The monoisotopic (exact) mass is 157 g/mol. The first kappa shape index (κ1) is 9.01. The molecule has 0 amide bonds. The van der Waals surface area contributed by atoms with Crippen molar-refractivity contribution in [1.29, 1.82) is 0 Å². The van der Waals surface area contributed by atoms with Crippen LogP contribution < -0.4 is 5.73 Å². The van der Waals surface area contributed by atoms with Crippen molar-refractivity contribution < 1.29 is 4.74 Å². The quantitative estimate of drug-likeness (QED) is 0.626. The van der Waals surface area contributed by atoms with Gasteiger partial charge in [-0.05, 0) is 25.7 Å². The van der Waals surface area contributed by atoms with Gasteiger partial charge in [0.15, 0.2) is 0 Å². The molecule has 11 heavy (non-hydrogen) atoms. The zero-order valence-corrected chi connectivity index (χ0v) is 7.71. The van der Waals surface area contributed by atoms with Gasteiger partial charge in [0, 0.05) is 6.04 Å². The lowest BCUT2D eigenvalue weighted by atomic mass is 9.94. The summed E-state index contributed by atoms with van der Waals surface area (Å²) in [5, 5.41) is 0. The number of rotatable bonds is 1. The second-order valence-corrected chi connectivity index (χ2v) is 3.86. The summed E-state index contributed by atoms with van der Waals surface area (Å²) in [6.07, 6.45) is 2.92. The molecule has 0 radical (unpaired) electrons. The molecule has 0 aromatic carbocycles. The van der Waals surface area contributed by atoms with E-state index >= 15 is 0 Å². The zero-order chi connectivity index (χ0) is 8.43. The Morgan fingerprint density at radius 1 is 1.36 bits per heavy atom. The maximum absolute atomic E-state index is 5.82. The molecular weight excluding hydrogens is 138 g/mol. The van der Waals surface area contributed by atoms with Crippen LogP contribution in [0, 0.1) is 5.92 Å². The maximum atomic E-state index is 5.82. The Balaban J connectivity index is 2.40. The number of hydrogen-bond donors (Lipinski definition) is 1. The molecular formula is C9H19NO. The first-order valence-electron chi connectivity index (χ1n) is 4.52. The van der Waals surface area contributed by atoms with E-state index in [2.05, 4.69) is 20.8 Å². The van der Waals surface area contributed by atoms with Gasteiger partial charge >= 0.3 is 0 Å². The Bertz CT molecular complexity index is 125. The topological polar surface area (TPSA) is 35.2 Å². The summed E-state index contributed by atoms with van der Waals surface area (Å²) in [5.41, 5.74) is 5.82. The maximum Gasteiger partial charge on any atom is 0.0701 e. The fourth-order valence-corrected chi connectivity index (χ4v) is 1.53. The van der Waals surface area contributed by atoms with Crippen molar-refractivity contribution in [3.8, 4) is 0 Å². The van der Waals surface area contributed by atoms with Crippen LogP contribution in [-0.4, -0.2) is 18.2 Å². The van der Waals surface area contributed by atoms with E-state index in [1.165, 1.54) is 0 Å². The third-order valence-electron chi connectivity index (χ3n) is 2.52. The van der Waals surface area contributed by atoms with Gasteiger partial charge in [-0.25, -0.2) is 0 Å². The molecule has 1 aliphatic heterocycles. The molecule has 1 rings (SSSR count). The number of ether oxygens (including phenoxy) is 1. The zero-order valence-electron chi connectivity index (χ0n) is 7.71. The van der Waals surface area contributed by atoms with Crippen LogP contribution in [0.4, 0.5) is 0 Å². The second-order valence-electron chi connectivity index (χ2n) is 3.86. The molecule has 0 aromatic rings. The largest absolute Gasteiger partial charge is 0.373 e. The van der Waals surface area contributed by atoms with Crippen molar-refractivity contribution in [3.63, 3.8) is 0 Å². The molecule has 0 bridgehead atoms. The minimum atomic E-state index is 0.246. The smallest absolute Gasteiger partial charge is 0.0701 e. The van der Waals surface area contributed by atoms with Crippen LogP contribution in [0.15, 0.2) is 0 Å². The molecule has 1 fully saturated rings. The third-order valence-corrected chi connectivity index (χ3v) is 2.52. The van der Waals surface area contributed by atoms with Crippen molar-refractivity contribution in [2.75, 3.05) is 0 Å². The predicted octanol–water partition coefficient (Wildman–Crippen LogP) is 1.54. The van der Waals surface area contributed by atoms with E-state index in [1.54, 1.807) is 0 Å². The van der Waals surface area contributed by atoms with E-state index in [-0.39, 0.29) is 12.1 Å². The molecule has 0 aromatic heterocycles. The van der Waals surface area contributed by atoms with Crippen LogP contribution in [0.25, 0.3) is 0 Å². The lowest BCUT2D eigenvalue weighted by Crippen LogP contribution is -2.43. The van der Waals surface area contributed by atoms with Crippen LogP contribution in [0.1, 0.15) is 33.6 Å². The summed E-state index contributed by atoms with van der Waals surface area (Å²) < 4.78 is 5.73. The van der Waals surface area contributed by atoms with Gasteiger partial charge in [-0.1, -0.05) is 13.8 Å². The summed E-state index contributed by atoms with van der Waals surface area (Å²) in [6.45, 7) is 6.47. The molecule has 1 heterocycles. The average molecular weight is 157 g/mol. The Hall–Kier alpha value is -0.0800. The first-order valence-corrected chi connectivity index (χ1v) is 4.52. The van der Waals surface area contributed by atoms with Gasteiger partial charge in [-0.2, -0.15) is 0 Å². The van der Waals surface area contributed by atoms with E-state index in [4.69, 9.17) is 10.5 Å². The minimum absolute atomic E-state index is 0.246. The predicted molar refractivity (Wildman–Crippen MR) is 46.4 cm³/mol. The fraction of sp³-hybridized carbons (Fsp3) is 1.00.